The first-order valence-corrected chi connectivity index (χ1v) is 7.31. The van der Waals surface area contributed by atoms with Crippen molar-refractivity contribution in [3.05, 3.63) is 29.3 Å². The Morgan fingerprint density at radius 3 is 2.43 bits per heavy atom. The third-order valence-electron chi connectivity index (χ3n) is 3.74. The van der Waals surface area contributed by atoms with Gasteiger partial charge in [0, 0.05) is 25.3 Å². The number of amides is 2. The van der Waals surface area contributed by atoms with Crippen molar-refractivity contribution in [3.63, 3.8) is 0 Å². The van der Waals surface area contributed by atoms with Gasteiger partial charge in [-0.15, -0.1) is 0 Å². The summed E-state index contributed by atoms with van der Waals surface area (Å²) in [5.41, 5.74) is 1.79. The normalized spacial score (nSPS) is 20.1. The Balaban J connectivity index is 2.10. The van der Waals surface area contributed by atoms with Gasteiger partial charge in [-0.1, -0.05) is 6.07 Å². The first kappa shape index (κ1) is 17.0. The SMILES string of the molecule is Cc1ccc(C(=O)N(C)C)cc1NC(=O)[C@@H]1CC[C@H](C(=O)O)O1. The van der Waals surface area contributed by atoms with E-state index in [1.165, 1.54) is 4.90 Å². The summed E-state index contributed by atoms with van der Waals surface area (Å²) in [5, 5.41) is 11.6. The van der Waals surface area contributed by atoms with Crippen molar-refractivity contribution in [1.82, 2.24) is 4.90 Å². The first-order valence-electron chi connectivity index (χ1n) is 7.31. The molecule has 0 saturated carbocycles. The number of nitrogens with one attached hydrogen (secondary N) is 1. The van der Waals surface area contributed by atoms with Gasteiger partial charge in [0.05, 0.1) is 0 Å². The molecule has 0 radical (unpaired) electrons. The summed E-state index contributed by atoms with van der Waals surface area (Å²) >= 11 is 0. The molecule has 1 aliphatic heterocycles. The third kappa shape index (κ3) is 3.87. The Kier molecular flexibility index (Phi) is 5.00. The van der Waals surface area contributed by atoms with Gasteiger partial charge in [0.2, 0.25) is 0 Å². The fraction of sp³-hybridized carbons (Fsp3) is 0.438. The van der Waals surface area contributed by atoms with E-state index in [0.717, 1.165) is 5.56 Å². The summed E-state index contributed by atoms with van der Waals surface area (Å²) in [5.74, 6) is -1.62. The van der Waals surface area contributed by atoms with E-state index >= 15 is 0 Å². The summed E-state index contributed by atoms with van der Waals surface area (Å²) in [7, 11) is 3.30. The van der Waals surface area contributed by atoms with Gasteiger partial charge in [-0.2, -0.15) is 0 Å². The molecule has 124 valence electrons. The van der Waals surface area contributed by atoms with Gasteiger partial charge in [-0.25, -0.2) is 4.79 Å². The van der Waals surface area contributed by atoms with E-state index in [9.17, 15) is 14.4 Å². The molecule has 0 aliphatic carbocycles. The predicted octanol–water partition coefficient (Wildman–Crippen LogP) is 1.27. The van der Waals surface area contributed by atoms with Crippen LogP contribution in [0.3, 0.4) is 0 Å². The zero-order valence-electron chi connectivity index (χ0n) is 13.3. The number of anilines is 1. The molecule has 0 unspecified atom stereocenters. The molecule has 1 aromatic carbocycles. The fourth-order valence-electron chi connectivity index (χ4n) is 2.37. The monoisotopic (exact) mass is 320 g/mol. The van der Waals surface area contributed by atoms with Crippen molar-refractivity contribution in [2.24, 2.45) is 0 Å². The number of ether oxygens (including phenoxy) is 1. The molecular weight excluding hydrogens is 300 g/mol. The lowest BCUT2D eigenvalue weighted by Gasteiger charge is -2.15. The minimum absolute atomic E-state index is 0.163. The third-order valence-corrected chi connectivity index (χ3v) is 3.74. The van der Waals surface area contributed by atoms with Crippen LogP contribution in [-0.4, -0.2) is 54.1 Å². The maximum Gasteiger partial charge on any atom is 0.332 e. The summed E-state index contributed by atoms with van der Waals surface area (Å²) in [6.07, 6.45) is -1.05. The molecule has 0 aromatic heterocycles. The minimum Gasteiger partial charge on any atom is -0.479 e. The van der Waals surface area contributed by atoms with Gasteiger partial charge >= 0.3 is 5.97 Å². The summed E-state index contributed by atoms with van der Waals surface area (Å²) in [6.45, 7) is 1.81. The van der Waals surface area contributed by atoms with Crippen LogP contribution in [0.4, 0.5) is 5.69 Å². The molecule has 1 heterocycles. The van der Waals surface area contributed by atoms with Gasteiger partial charge in [0.15, 0.2) is 6.10 Å². The van der Waals surface area contributed by atoms with E-state index in [2.05, 4.69) is 5.32 Å². The number of benzene rings is 1. The van der Waals surface area contributed by atoms with E-state index in [1.807, 2.05) is 6.92 Å². The molecule has 2 rings (SSSR count). The van der Waals surface area contributed by atoms with E-state index < -0.39 is 24.1 Å². The average Bonchev–Trinajstić information content (AvgIpc) is 2.98. The van der Waals surface area contributed by atoms with Gasteiger partial charge < -0.3 is 20.1 Å². The predicted molar refractivity (Wildman–Crippen MR) is 83.4 cm³/mol. The van der Waals surface area contributed by atoms with Crippen molar-refractivity contribution in [2.75, 3.05) is 19.4 Å². The molecule has 7 heteroatoms. The highest BCUT2D eigenvalue weighted by molar-refractivity contribution is 5.99. The summed E-state index contributed by atoms with van der Waals surface area (Å²) in [4.78, 5) is 36.5. The van der Waals surface area contributed by atoms with Crippen LogP contribution < -0.4 is 5.32 Å². The molecule has 1 saturated heterocycles. The van der Waals surface area contributed by atoms with Crippen LogP contribution in [0, 0.1) is 6.92 Å². The second-order valence-electron chi connectivity index (χ2n) is 5.75. The van der Waals surface area contributed by atoms with Crippen molar-refractivity contribution in [1.29, 1.82) is 0 Å². The largest absolute Gasteiger partial charge is 0.479 e. The highest BCUT2D eigenvalue weighted by atomic mass is 16.5. The lowest BCUT2D eigenvalue weighted by Crippen LogP contribution is -2.30. The zero-order chi connectivity index (χ0) is 17.1. The van der Waals surface area contributed by atoms with Crippen molar-refractivity contribution in [2.45, 2.75) is 32.0 Å². The minimum atomic E-state index is -1.06. The molecule has 1 aliphatic rings. The Bertz CT molecular complexity index is 641. The first-order chi connectivity index (χ1) is 10.8. The van der Waals surface area contributed by atoms with Crippen LogP contribution in [0.1, 0.15) is 28.8 Å². The number of carboxylic acid groups (broad SMARTS) is 1. The van der Waals surface area contributed by atoms with E-state index in [0.29, 0.717) is 24.1 Å². The lowest BCUT2D eigenvalue weighted by molar-refractivity contribution is -0.150. The van der Waals surface area contributed by atoms with Crippen LogP contribution in [0.25, 0.3) is 0 Å². The molecule has 0 bridgehead atoms. The molecule has 2 atom stereocenters. The van der Waals surface area contributed by atoms with Crippen molar-refractivity contribution in [3.8, 4) is 0 Å². The van der Waals surface area contributed by atoms with Crippen LogP contribution in [-0.2, 0) is 14.3 Å². The van der Waals surface area contributed by atoms with Gasteiger partial charge in [-0.3, -0.25) is 9.59 Å². The van der Waals surface area contributed by atoms with Crippen LogP contribution in [0.2, 0.25) is 0 Å². The second-order valence-corrected chi connectivity index (χ2v) is 5.75. The molecule has 23 heavy (non-hydrogen) atoms. The van der Waals surface area contributed by atoms with Crippen molar-refractivity contribution < 1.29 is 24.2 Å². The lowest BCUT2D eigenvalue weighted by atomic mass is 10.1. The fourth-order valence-corrected chi connectivity index (χ4v) is 2.37. The number of carboxylic acids is 1. The number of aryl methyl sites for hydroxylation is 1. The number of carbonyl (C=O) groups excluding carboxylic acids is 2. The highest BCUT2D eigenvalue weighted by Gasteiger charge is 2.34. The van der Waals surface area contributed by atoms with Crippen LogP contribution in [0.15, 0.2) is 18.2 Å². The molecular formula is C16H20N2O5. The maximum absolute atomic E-state index is 12.2. The molecule has 1 fully saturated rings. The summed E-state index contributed by atoms with van der Waals surface area (Å²) in [6, 6.07) is 5.06. The number of hydrogen-bond acceptors (Lipinski definition) is 4. The molecule has 2 amide bonds. The van der Waals surface area contributed by atoms with E-state index in [4.69, 9.17) is 9.84 Å². The van der Waals surface area contributed by atoms with Gasteiger partial charge in [0.25, 0.3) is 11.8 Å². The van der Waals surface area contributed by atoms with E-state index in [-0.39, 0.29) is 5.91 Å². The number of hydrogen-bond donors (Lipinski definition) is 2. The average molecular weight is 320 g/mol. The zero-order valence-corrected chi connectivity index (χ0v) is 13.3. The Hall–Kier alpha value is -2.41. The quantitative estimate of drug-likeness (QED) is 0.871. The molecule has 2 N–H and O–H groups in total. The van der Waals surface area contributed by atoms with Crippen LogP contribution >= 0.6 is 0 Å². The van der Waals surface area contributed by atoms with E-state index in [1.54, 1.807) is 32.3 Å². The maximum atomic E-state index is 12.2. The highest BCUT2D eigenvalue weighted by Crippen LogP contribution is 2.23. The second kappa shape index (κ2) is 6.78. The smallest absolute Gasteiger partial charge is 0.332 e. The number of aliphatic carboxylic acids is 1. The number of carbonyl (C=O) groups is 3. The van der Waals surface area contributed by atoms with Crippen molar-refractivity contribution >= 4 is 23.5 Å². The Morgan fingerprint density at radius 1 is 1.22 bits per heavy atom. The van der Waals surface area contributed by atoms with Crippen LogP contribution in [0.5, 0.6) is 0 Å². The molecule has 0 spiro atoms. The standard InChI is InChI=1S/C16H20N2O5/c1-9-4-5-10(15(20)18(2)3)8-11(9)17-14(19)12-6-7-13(23-12)16(21)22/h4-5,8,12-13H,6-7H2,1-3H3,(H,17,19)(H,21,22)/t12-,13+/m0/s1. The Labute approximate surface area is 134 Å². The number of rotatable bonds is 4. The van der Waals surface area contributed by atoms with Gasteiger partial charge in [-0.05, 0) is 37.5 Å². The van der Waals surface area contributed by atoms with Gasteiger partial charge in [0.1, 0.15) is 6.10 Å². The molecule has 7 nitrogen and oxygen atoms in total. The number of nitrogens with zero attached hydrogens (tertiary/aromatic N) is 1. The summed E-state index contributed by atoms with van der Waals surface area (Å²) < 4.78 is 5.23. The Morgan fingerprint density at radius 2 is 1.87 bits per heavy atom. The molecule has 1 aromatic rings. The topological polar surface area (TPSA) is 95.9 Å².